The van der Waals surface area contributed by atoms with Crippen LogP contribution in [0.3, 0.4) is 0 Å². The number of methoxy groups -OCH3 is 1. The third-order valence-corrected chi connectivity index (χ3v) is 4.04. The lowest BCUT2D eigenvalue weighted by atomic mass is 10.1. The first-order chi connectivity index (χ1) is 8.47. The zero-order valence-electron chi connectivity index (χ0n) is 10.3. The highest BCUT2D eigenvalue weighted by Gasteiger charge is 2.25. The SMILES string of the molecule is COC(=O)C(O)c1c(C)nc2c(ccn2C)c1I. The molecule has 2 heterocycles. The number of rotatable bonds is 2. The highest BCUT2D eigenvalue weighted by Crippen LogP contribution is 2.30. The molecule has 6 heteroatoms. The number of aromatic nitrogens is 2. The third kappa shape index (κ3) is 1.99. The molecular weight excluding hydrogens is 347 g/mol. The number of fused-ring (bicyclic) bond motifs is 1. The van der Waals surface area contributed by atoms with E-state index in [-0.39, 0.29) is 0 Å². The van der Waals surface area contributed by atoms with E-state index in [0.717, 1.165) is 14.6 Å². The standard InChI is InChI=1S/C12H13IN2O3/c1-6-8(10(16)12(17)18-3)9(13)7-4-5-15(2)11(7)14-6/h4-5,10,16H,1-3H3. The molecule has 0 radical (unpaired) electrons. The summed E-state index contributed by atoms with van der Waals surface area (Å²) in [4.78, 5) is 15.9. The first-order valence-corrected chi connectivity index (χ1v) is 6.42. The van der Waals surface area contributed by atoms with Crippen molar-refractivity contribution in [2.75, 3.05) is 7.11 Å². The highest BCUT2D eigenvalue weighted by molar-refractivity contribution is 14.1. The molecular formula is C12H13IN2O3. The average molecular weight is 360 g/mol. The molecule has 0 fully saturated rings. The van der Waals surface area contributed by atoms with Crippen molar-refractivity contribution in [2.24, 2.45) is 7.05 Å². The maximum atomic E-state index is 11.4. The second kappa shape index (κ2) is 4.85. The van der Waals surface area contributed by atoms with Crippen LogP contribution in [0.5, 0.6) is 0 Å². The lowest BCUT2D eigenvalue weighted by molar-refractivity contribution is -0.150. The Morgan fingerprint density at radius 1 is 1.61 bits per heavy atom. The van der Waals surface area contributed by atoms with Gasteiger partial charge in [-0.05, 0) is 35.6 Å². The van der Waals surface area contributed by atoms with Crippen molar-refractivity contribution in [1.82, 2.24) is 9.55 Å². The summed E-state index contributed by atoms with van der Waals surface area (Å²) in [5.41, 5.74) is 1.98. The Hall–Kier alpha value is -1.15. The Kier molecular flexibility index (Phi) is 3.58. The summed E-state index contributed by atoms with van der Waals surface area (Å²) in [5, 5.41) is 10.9. The van der Waals surface area contributed by atoms with E-state index < -0.39 is 12.1 Å². The van der Waals surface area contributed by atoms with Crippen LogP contribution >= 0.6 is 22.6 Å². The number of halogens is 1. The summed E-state index contributed by atoms with van der Waals surface area (Å²) in [6.45, 7) is 1.77. The van der Waals surface area contributed by atoms with Gasteiger partial charge in [0, 0.05) is 33.5 Å². The lowest BCUT2D eigenvalue weighted by Crippen LogP contribution is -2.17. The molecule has 0 saturated carbocycles. The lowest BCUT2D eigenvalue weighted by Gasteiger charge is -2.14. The molecule has 0 aliphatic rings. The van der Waals surface area contributed by atoms with Crippen molar-refractivity contribution in [3.05, 3.63) is 27.1 Å². The zero-order valence-corrected chi connectivity index (χ0v) is 12.4. The van der Waals surface area contributed by atoms with Crippen LogP contribution in [0.1, 0.15) is 17.4 Å². The van der Waals surface area contributed by atoms with E-state index in [1.54, 1.807) is 6.92 Å². The van der Waals surface area contributed by atoms with Crippen molar-refractivity contribution >= 4 is 39.6 Å². The molecule has 0 bridgehead atoms. The molecule has 0 amide bonds. The first kappa shape index (κ1) is 13.3. The Bertz CT molecular complexity index is 621. The predicted molar refractivity (Wildman–Crippen MR) is 75.1 cm³/mol. The van der Waals surface area contributed by atoms with Gasteiger partial charge in [-0.25, -0.2) is 9.78 Å². The fraction of sp³-hybridized carbons (Fsp3) is 0.333. The third-order valence-electron chi connectivity index (χ3n) is 2.87. The number of carbonyl (C=O) groups is 1. The molecule has 0 aromatic carbocycles. The van der Waals surface area contributed by atoms with E-state index in [1.165, 1.54) is 7.11 Å². The van der Waals surface area contributed by atoms with E-state index in [2.05, 4.69) is 32.3 Å². The number of hydrogen-bond donors (Lipinski definition) is 1. The molecule has 5 nitrogen and oxygen atoms in total. The summed E-state index contributed by atoms with van der Waals surface area (Å²) in [6, 6.07) is 1.91. The number of aliphatic hydroxyl groups excluding tert-OH is 1. The second-order valence-corrected chi connectivity index (χ2v) is 5.09. The zero-order chi connectivity index (χ0) is 13.4. The molecule has 0 aliphatic heterocycles. The number of ether oxygens (including phenoxy) is 1. The van der Waals surface area contributed by atoms with Gasteiger partial charge in [-0.15, -0.1) is 0 Å². The molecule has 2 aromatic heterocycles. The van der Waals surface area contributed by atoms with Crippen molar-refractivity contribution in [1.29, 1.82) is 0 Å². The molecule has 2 rings (SSSR count). The van der Waals surface area contributed by atoms with Crippen LogP contribution in [0.15, 0.2) is 12.3 Å². The second-order valence-electron chi connectivity index (χ2n) is 4.01. The van der Waals surface area contributed by atoms with Gasteiger partial charge in [-0.3, -0.25) is 0 Å². The number of hydrogen-bond acceptors (Lipinski definition) is 4. The molecule has 1 unspecified atom stereocenters. The molecule has 0 aliphatic carbocycles. The minimum Gasteiger partial charge on any atom is -0.467 e. The number of pyridine rings is 1. The Morgan fingerprint density at radius 2 is 2.28 bits per heavy atom. The molecule has 1 N–H and O–H groups in total. The minimum absolute atomic E-state index is 0.515. The maximum Gasteiger partial charge on any atom is 0.339 e. The van der Waals surface area contributed by atoms with Crippen LogP contribution in [-0.4, -0.2) is 27.7 Å². The first-order valence-electron chi connectivity index (χ1n) is 5.34. The van der Waals surface area contributed by atoms with E-state index in [4.69, 9.17) is 0 Å². The van der Waals surface area contributed by atoms with E-state index in [9.17, 15) is 9.90 Å². The minimum atomic E-state index is -1.29. The number of esters is 1. The largest absolute Gasteiger partial charge is 0.467 e. The van der Waals surface area contributed by atoms with E-state index in [1.807, 2.05) is 23.9 Å². The topological polar surface area (TPSA) is 64.3 Å². The van der Waals surface area contributed by atoms with Gasteiger partial charge in [0.2, 0.25) is 0 Å². The molecule has 1 atom stereocenters. The van der Waals surface area contributed by atoms with Gasteiger partial charge in [0.25, 0.3) is 0 Å². The maximum absolute atomic E-state index is 11.4. The fourth-order valence-corrected chi connectivity index (χ4v) is 3.01. The van der Waals surface area contributed by atoms with Crippen LogP contribution in [0.4, 0.5) is 0 Å². The smallest absolute Gasteiger partial charge is 0.339 e. The number of carbonyl (C=O) groups excluding carboxylic acids is 1. The summed E-state index contributed by atoms with van der Waals surface area (Å²) < 4.78 is 7.30. The molecule has 0 spiro atoms. The van der Waals surface area contributed by atoms with Gasteiger partial charge in [0.1, 0.15) is 5.65 Å². The van der Waals surface area contributed by atoms with Crippen molar-refractivity contribution in [2.45, 2.75) is 13.0 Å². The summed E-state index contributed by atoms with van der Waals surface area (Å²) in [6.07, 6.45) is 0.604. The molecule has 2 aromatic rings. The van der Waals surface area contributed by atoms with Gasteiger partial charge < -0.3 is 14.4 Å². The van der Waals surface area contributed by atoms with Gasteiger partial charge in [-0.1, -0.05) is 0 Å². The number of aliphatic hydroxyl groups is 1. The highest BCUT2D eigenvalue weighted by atomic mass is 127. The van der Waals surface area contributed by atoms with Gasteiger partial charge in [-0.2, -0.15) is 0 Å². The van der Waals surface area contributed by atoms with Gasteiger partial charge >= 0.3 is 5.97 Å². The van der Waals surface area contributed by atoms with Crippen molar-refractivity contribution < 1.29 is 14.6 Å². The van der Waals surface area contributed by atoms with Crippen LogP contribution in [0, 0.1) is 10.5 Å². The Labute approximate surface area is 118 Å². The van der Waals surface area contributed by atoms with E-state index >= 15 is 0 Å². The summed E-state index contributed by atoms with van der Waals surface area (Å²) >= 11 is 2.12. The quantitative estimate of drug-likeness (QED) is 0.654. The van der Waals surface area contributed by atoms with Crippen LogP contribution < -0.4 is 0 Å². The number of nitrogens with zero attached hydrogens (tertiary/aromatic N) is 2. The van der Waals surface area contributed by atoms with Crippen molar-refractivity contribution in [3.8, 4) is 0 Å². The Balaban J connectivity index is 2.68. The van der Waals surface area contributed by atoms with Crippen LogP contribution in [0.2, 0.25) is 0 Å². The molecule has 96 valence electrons. The summed E-state index contributed by atoms with van der Waals surface area (Å²) in [7, 11) is 3.16. The van der Waals surface area contributed by atoms with E-state index in [0.29, 0.717) is 11.3 Å². The monoisotopic (exact) mass is 360 g/mol. The van der Waals surface area contributed by atoms with Crippen LogP contribution in [-0.2, 0) is 16.6 Å². The number of aryl methyl sites for hydroxylation is 2. The van der Waals surface area contributed by atoms with Crippen molar-refractivity contribution in [3.63, 3.8) is 0 Å². The van der Waals surface area contributed by atoms with Crippen LogP contribution in [0.25, 0.3) is 11.0 Å². The van der Waals surface area contributed by atoms with Gasteiger partial charge in [0.05, 0.1) is 7.11 Å². The molecule has 0 saturated heterocycles. The van der Waals surface area contributed by atoms with Gasteiger partial charge in [0.15, 0.2) is 6.10 Å². The predicted octanol–water partition coefficient (Wildman–Crippen LogP) is 1.69. The fourth-order valence-electron chi connectivity index (χ4n) is 1.90. The normalized spacial score (nSPS) is 12.7. The molecule has 18 heavy (non-hydrogen) atoms. The summed E-state index contributed by atoms with van der Waals surface area (Å²) in [5.74, 6) is -0.673. The Morgan fingerprint density at radius 3 is 2.89 bits per heavy atom. The average Bonchev–Trinajstić information content (AvgIpc) is 2.70.